The van der Waals surface area contributed by atoms with Crippen LogP contribution in [0.4, 0.5) is 13.2 Å². The lowest BCUT2D eigenvalue weighted by Crippen LogP contribution is -2.19. The highest BCUT2D eigenvalue weighted by molar-refractivity contribution is 6.30. The number of halogens is 4. The molecule has 0 unspecified atom stereocenters. The summed E-state index contributed by atoms with van der Waals surface area (Å²) in [6.45, 7) is -1.44. The third-order valence-electron chi connectivity index (χ3n) is 1.32. The third-order valence-corrected chi connectivity index (χ3v) is 1.59. The van der Waals surface area contributed by atoms with Gasteiger partial charge in [0.25, 0.3) is 0 Å². The van der Waals surface area contributed by atoms with E-state index >= 15 is 0 Å². The average Bonchev–Trinajstić information content (AvgIpc) is 2.14. The maximum atomic E-state index is 11.8. The minimum Gasteiger partial charge on any atom is -0.481 e. The third kappa shape index (κ3) is 3.64. The summed E-state index contributed by atoms with van der Waals surface area (Å²) in [5, 5.41) is 8.15. The number of rotatable bonds is 2. The largest absolute Gasteiger partial charge is 0.481 e. The van der Waals surface area contributed by atoms with Gasteiger partial charge in [-0.3, -0.25) is 0 Å². The van der Waals surface area contributed by atoms with Crippen molar-refractivity contribution in [3.05, 3.63) is 23.0 Å². The molecule has 1 aromatic rings. The molecule has 0 amide bonds. The lowest BCUT2D eigenvalue weighted by atomic mass is 10.3. The van der Waals surface area contributed by atoms with Crippen molar-refractivity contribution in [1.29, 1.82) is 5.26 Å². The molecule has 0 N–H and O–H groups in total. The molecule has 1 aromatic heterocycles. The van der Waals surface area contributed by atoms with Crippen molar-refractivity contribution in [2.45, 2.75) is 6.18 Å². The first-order valence-corrected chi connectivity index (χ1v) is 4.06. The summed E-state index contributed by atoms with van der Waals surface area (Å²) in [5.41, 5.74) is 0.0133. The number of pyridine rings is 1. The summed E-state index contributed by atoms with van der Waals surface area (Å²) >= 11 is 5.48. The molecule has 0 atom stereocenters. The predicted molar refractivity (Wildman–Crippen MR) is 45.5 cm³/mol. The van der Waals surface area contributed by atoms with Crippen LogP contribution < -0.4 is 4.74 Å². The Labute approximate surface area is 88.1 Å². The molecule has 1 rings (SSSR count). The Balaban J connectivity index is 2.76. The molecule has 3 nitrogen and oxygen atoms in total. The van der Waals surface area contributed by atoms with Gasteiger partial charge in [0, 0.05) is 0 Å². The topological polar surface area (TPSA) is 45.9 Å². The lowest BCUT2D eigenvalue weighted by Gasteiger charge is -2.09. The zero-order chi connectivity index (χ0) is 11.5. The molecule has 0 spiro atoms. The second-order valence-corrected chi connectivity index (χ2v) is 2.86. The zero-order valence-electron chi connectivity index (χ0n) is 7.18. The normalized spacial score (nSPS) is 10.9. The zero-order valence-corrected chi connectivity index (χ0v) is 7.93. The van der Waals surface area contributed by atoms with E-state index in [9.17, 15) is 13.2 Å². The molecule has 1 heterocycles. The van der Waals surface area contributed by atoms with E-state index in [-0.39, 0.29) is 16.6 Å². The van der Waals surface area contributed by atoms with E-state index in [1.54, 1.807) is 6.07 Å². The van der Waals surface area contributed by atoms with Gasteiger partial charge >= 0.3 is 6.18 Å². The molecule has 0 saturated carbocycles. The molecule has 0 aliphatic rings. The molecule has 15 heavy (non-hydrogen) atoms. The second-order valence-electron chi connectivity index (χ2n) is 2.50. The van der Waals surface area contributed by atoms with E-state index in [1.807, 2.05) is 0 Å². The second kappa shape index (κ2) is 4.36. The summed E-state index contributed by atoms with van der Waals surface area (Å²) in [6.07, 6.45) is -4.43. The Bertz CT molecular complexity index is 400. The van der Waals surface area contributed by atoms with Crippen molar-refractivity contribution in [2.24, 2.45) is 0 Å². The van der Waals surface area contributed by atoms with Crippen LogP contribution in [0.2, 0.25) is 5.15 Å². The van der Waals surface area contributed by atoms with Gasteiger partial charge in [-0.2, -0.15) is 18.4 Å². The van der Waals surface area contributed by atoms with E-state index in [1.165, 1.54) is 12.1 Å². The first-order valence-electron chi connectivity index (χ1n) is 3.68. The molecular weight excluding hydrogens is 233 g/mol. The van der Waals surface area contributed by atoms with Crippen molar-refractivity contribution in [3.63, 3.8) is 0 Å². The highest BCUT2D eigenvalue weighted by Gasteiger charge is 2.28. The fourth-order valence-electron chi connectivity index (χ4n) is 0.751. The summed E-state index contributed by atoms with van der Waals surface area (Å²) in [5.74, 6) is -0.201. The molecule has 7 heteroatoms. The van der Waals surface area contributed by atoms with Crippen LogP contribution in [0.3, 0.4) is 0 Å². The SMILES string of the molecule is N#Cc1ccc(OCC(F)(F)F)c(Cl)n1. The maximum absolute atomic E-state index is 11.8. The minimum absolute atomic E-state index is 0.0133. The molecule has 0 radical (unpaired) electrons. The van der Waals surface area contributed by atoms with Crippen molar-refractivity contribution in [3.8, 4) is 11.8 Å². The summed E-state index contributed by atoms with van der Waals surface area (Å²) in [4.78, 5) is 3.50. The monoisotopic (exact) mass is 236 g/mol. The Morgan fingerprint density at radius 3 is 2.60 bits per heavy atom. The first kappa shape index (κ1) is 11.6. The molecular formula is C8H4ClF3N2O. The van der Waals surface area contributed by atoms with Gasteiger partial charge in [-0.1, -0.05) is 11.6 Å². The van der Waals surface area contributed by atoms with Crippen LogP contribution in [0.25, 0.3) is 0 Å². The van der Waals surface area contributed by atoms with Crippen molar-refractivity contribution in [2.75, 3.05) is 6.61 Å². The van der Waals surface area contributed by atoms with Crippen LogP contribution in [0.5, 0.6) is 5.75 Å². The number of ether oxygens (including phenoxy) is 1. The van der Waals surface area contributed by atoms with Crippen molar-refractivity contribution in [1.82, 2.24) is 4.98 Å². The van der Waals surface area contributed by atoms with E-state index in [0.29, 0.717) is 0 Å². The van der Waals surface area contributed by atoms with Crippen LogP contribution in [0.1, 0.15) is 5.69 Å². The van der Waals surface area contributed by atoms with Gasteiger partial charge in [0.05, 0.1) is 0 Å². The van der Waals surface area contributed by atoms with E-state index in [2.05, 4.69) is 9.72 Å². The van der Waals surface area contributed by atoms with Gasteiger partial charge in [-0.25, -0.2) is 4.98 Å². The molecule has 0 aliphatic heterocycles. The highest BCUT2D eigenvalue weighted by atomic mass is 35.5. The van der Waals surface area contributed by atoms with Gasteiger partial charge in [0.2, 0.25) is 0 Å². The van der Waals surface area contributed by atoms with Crippen LogP contribution in [-0.2, 0) is 0 Å². The number of hydrogen-bond donors (Lipinski definition) is 0. The summed E-state index contributed by atoms with van der Waals surface area (Å²) in [7, 11) is 0. The minimum atomic E-state index is -4.43. The highest BCUT2D eigenvalue weighted by Crippen LogP contribution is 2.24. The van der Waals surface area contributed by atoms with Gasteiger partial charge in [0.15, 0.2) is 17.5 Å². The smallest absolute Gasteiger partial charge is 0.422 e. The molecule has 0 aromatic carbocycles. The fourth-order valence-corrected chi connectivity index (χ4v) is 0.960. The number of nitrogens with zero attached hydrogens (tertiary/aromatic N) is 2. The maximum Gasteiger partial charge on any atom is 0.422 e. The number of alkyl halides is 3. The Hall–Kier alpha value is -1.48. The summed E-state index contributed by atoms with van der Waals surface area (Å²) in [6, 6.07) is 4.08. The van der Waals surface area contributed by atoms with Gasteiger partial charge < -0.3 is 4.74 Å². The van der Waals surface area contributed by atoms with Crippen molar-refractivity contribution >= 4 is 11.6 Å². The molecule has 0 saturated heterocycles. The van der Waals surface area contributed by atoms with Crippen LogP contribution in [0, 0.1) is 11.3 Å². The number of nitriles is 1. The van der Waals surface area contributed by atoms with E-state index in [4.69, 9.17) is 16.9 Å². The standard InChI is InChI=1S/C8H4ClF3N2O/c9-7-6(15-4-8(10,11)12)2-1-5(3-13)14-7/h1-2H,4H2. The first-order chi connectivity index (χ1) is 6.92. The summed E-state index contributed by atoms with van der Waals surface area (Å²) < 4.78 is 39.7. The lowest BCUT2D eigenvalue weighted by molar-refractivity contribution is -0.153. The quantitative estimate of drug-likeness (QED) is 0.742. The van der Waals surface area contributed by atoms with Gasteiger partial charge in [-0.05, 0) is 12.1 Å². The van der Waals surface area contributed by atoms with E-state index < -0.39 is 12.8 Å². The molecule has 0 bridgehead atoms. The van der Waals surface area contributed by atoms with Crippen LogP contribution in [0.15, 0.2) is 12.1 Å². The fraction of sp³-hybridized carbons (Fsp3) is 0.250. The van der Waals surface area contributed by atoms with Gasteiger partial charge in [-0.15, -0.1) is 0 Å². The van der Waals surface area contributed by atoms with Crippen molar-refractivity contribution < 1.29 is 17.9 Å². The predicted octanol–water partition coefficient (Wildman–Crippen LogP) is 2.55. The average molecular weight is 237 g/mol. The van der Waals surface area contributed by atoms with Crippen LogP contribution in [-0.4, -0.2) is 17.8 Å². The number of hydrogen-bond acceptors (Lipinski definition) is 3. The Kier molecular flexibility index (Phi) is 3.37. The Morgan fingerprint density at radius 1 is 1.47 bits per heavy atom. The number of aromatic nitrogens is 1. The molecule has 0 aliphatic carbocycles. The Morgan fingerprint density at radius 2 is 2.13 bits per heavy atom. The van der Waals surface area contributed by atoms with E-state index in [0.717, 1.165) is 0 Å². The molecule has 0 fully saturated rings. The molecule has 80 valence electrons. The van der Waals surface area contributed by atoms with Gasteiger partial charge in [0.1, 0.15) is 11.8 Å². The van der Waals surface area contributed by atoms with Crippen LogP contribution >= 0.6 is 11.6 Å².